The summed E-state index contributed by atoms with van der Waals surface area (Å²) in [7, 11) is -3.81. The maximum absolute atomic E-state index is 13.0. The van der Waals surface area contributed by atoms with Gasteiger partial charge in [0.05, 0.1) is 16.9 Å². The number of carbonyl (C=O) groups excluding carboxylic acids is 3. The SMILES string of the molecule is NS(=O)(=O)c1ccc(NC(=O)CSc2ccc(NC(=O)/C(=C/c3ccco3)NC(=O)c3ccccc3)cc2)cc1. The maximum atomic E-state index is 13.0. The highest BCUT2D eigenvalue weighted by molar-refractivity contribution is 8.00. The zero-order valence-corrected chi connectivity index (χ0v) is 22.5. The molecule has 0 aliphatic rings. The molecule has 0 fully saturated rings. The summed E-state index contributed by atoms with van der Waals surface area (Å²) in [5.41, 5.74) is 1.31. The van der Waals surface area contributed by atoms with Crippen LogP contribution in [0.4, 0.5) is 11.4 Å². The lowest BCUT2D eigenvalue weighted by Crippen LogP contribution is -2.30. The third-order valence-electron chi connectivity index (χ3n) is 5.31. The molecule has 4 aromatic rings. The van der Waals surface area contributed by atoms with Gasteiger partial charge in [0.25, 0.3) is 11.8 Å². The highest BCUT2D eigenvalue weighted by Gasteiger charge is 2.16. The minimum absolute atomic E-state index is 0.00368. The van der Waals surface area contributed by atoms with Gasteiger partial charge in [0.2, 0.25) is 15.9 Å². The van der Waals surface area contributed by atoms with Crippen LogP contribution in [0.5, 0.6) is 0 Å². The summed E-state index contributed by atoms with van der Waals surface area (Å²) in [6.07, 6.45) is 2.89. The van der Waals surface area contributed by atoms with Crippen molar-refractivity contribution in [2.24, 2.45) is 5.14 Å². The second kappa shape index (κ2) is 12.9. The Morgan fingerprint density at radius 1 is 0.825 bits per heavy atom. The van der Waals surface area contributed by atoms with Crippen molar-refractivity contribution in [1.29, 1.82) is 0 Å². The molecule has 0 radical (unpaired) electrons. The Kier molecular flexibility index (Phi) is 9.17. The molecule has 0 saturated carbocycles. The summed E-state index contributed by atoms with van der Waals surface area (Å²) in [5.74, 6) is -0.783. The predicted molar refractivity (Wildman–Crippen MR) is 153 cm³/mol. The van der Waals surface area contributed by atoms with E-state index < -0.39 is 21.8 Å². The normalized spacial score (nSPS) is 11.5. The molecule has 0 atom stereocenters. The summed E-state index contributed by atoms with van der Waals surface area (Å²) >= 11 is 1.28. The van der Waals surface area contributed by atoms with Crippen molar-refractivity contribution in [3.05, 3.63) is 114 Å². The standard InChI is InChI=1S/C28H24N4O6S2/c29-40(36,37)24-14-10-20(11-15-24)30-26(33)18-39-23-12-8-21(9-13-23)31-28(35)25(17-22-7-4-16-38-22)32-27(34)19-5-2-1-3-6-19/h1-17H,18H2,(H,30,33)(H,31,35)(H,32,34)(H2,29,36,37)/b25-17-. The highest BCUT2D eigenvalue weighted by atomic mass is 32.2. The van der Waals surface area contributed by atoms with Crippen molar-refractivity contribution in [3.63, 3.8) is 0 Å². The van der Waals surface area contributed by atoms with Crippen molar-refractivity contribution < 1.29 is 27.2 Å². The number of anilines is 2. The zero-order valence-electron chi connectivity index (χ0n) is 20.9. The number of primary sulfonamides is 1. The summed E-state index contributed by atoms with van der Waals surface area (Å²) in [5, 5.41) is 13.1. The Hall–Kier alpha value is -4.65. The van der Waals surface area contributed by atoms with Crippen molar-refractivity contribution in [2.45, 2.75) is 9.79 Å². The molecule has 0 bridgehead atoms. The smallest absolute Gasteiger partial charge is 0.272 e. The van der Waals surface area contributed by atoms with Gasteiger partial charge in [-0.2, -0.15) is 0 Å². The molecule has 4 rings (SSSR count). The molecule has 12 heteroatoms. The Morgan fingerprint density at radius 3 is 2.10 bits per heavy atom. The molecule has 0 saturated heterocycles. The van der Waals surface area contributed by atoms with Gasteiger partial charge in [-0.15, -0.1) is 11.8 Å². The van der Waals surface area contributed by atoms with E-state index in [9.17, 15) is 22.8 Å². The number of amides is 3. The third kappa shape index (κ3) is 8.17. The number of furan rings is 1. The first-order chi connectivity index (χ1) is 19.2. The molecule has 0 aliphatic heterocycles. The third-order valence-corrected chi connectivity index (χ3v) is 7.25. The van der Waals surface area contributed by atoms with Crippen molar-refractivity contribution in [3.8, 4) is 0 Å². The van der Waals surface area contributed by atoms with Gasteiger partial charge in [-0.3, -0.25) is 14.4 Å². The van der Waals surface area contributed by atoms with Crippen LogP contribution in [0.1, 0.15) is 16.1 Å². The lowest BCUT2D eigenvalue weighted by Gasteiger charge is -2.11. The lowest BCUT2D eigenvalue weighted by molar-refractivity contribution is -0.114. The predicted octanol–water partition coefficient (Wildman–Crippen LogP) is 4.07. The van der Waals surface area contributed by atoms with Crippen LogP contribution in [-0.4, -0.2) is 31.9 Å². The van der Waals surface area contributed by atoms with E-state index in [1.807, 2.05) is 0 Å². The van der Waals surface area contributed by atoms with E-state index in [4.69, 9.17) is 9.56 Å². The number of benzene rings is 3. The van der Waals surface area contributed by atoms with Gasteiger partial charge in [0.1, 0.15) is 11.5 Å². The Bertz CT molecular complexity index is 1620. The van der Waals surface area contributed by atoms with E-state index in [0.29, 0.717) is 22.7 Å². The van der Waals surface area contributed by atoms with Crippen molar-refractivity contribution >= 4 is 57.0 Å². The summed E-state index contributed by atoms with van der Waals surface area (Å²) in [6, 6.07) is 24.2. The quantitative estimate of drug-likeness (QED) is 0.163. The van der Waals surface area contributed by atoms with Crippen LogP contribution in [-0.2, 0) is 19.6 Å². The van der Waals surface area contributed by atoms with Gasteiger partial charge in [0, 0.05) is 27.9 Å². The second-order valence-corrected chi connectivity index (χ2v) is 10.9. The number of thioether (sulfide) groups is 1. The fourth-order valence-electron chi connectivity index (χ4n) is 3.36. The number of nitrogens with one attached hydrogen (secondary N) is 3. The average Bonchev–Trinajstić information content (AvgIpc) is 3.46. The number of sulfonamides is 1. The van der Waals surface area contributed by atoms with Gasteiger partial charge in [0.15, 0.2) is 0 Å². The van der Waals surface area contributed by atoms with Gasteiger partial charge in [-0.05, 0) is 72.8 Å². The highest BCUT2D eigenvalue weighted by Crippen LogP contribution is 2.22. The first-order valence-corrected chi connectivity index (χ1v) is 14.3. The molecule has 204 valence electrons. The van der Waals surface area contributed by atoms with Crippen LogP contribution in [0, 0.1) is 0 Å². The summed E-state index contributed by atoms with van der Waals surface area (Å²) in [6.45, 7) is 0. The molecule has 1 heterocycles. The zero-order chi connectivity index (χ0) is 28.5. The van der Waals surface area contributed by atoms with E-state index in [2.05, 4.69) is 16.0 Å². The van der Waals surface area contributed by atoms with Gasteiger partial charge < -0.3 is 20.4 Å². The van der Waals surface area contributed by atoms with Crippen molar-refractivity contribution in [2.75, 3.05) is 16.4 Å². The van der Waals surface area contributed by atoms with Crippen LogP contribution in [0.3, 0.4) is 0 Å². The average molecular weight is 577 g/mol. The molecule has 40 heavy (non-hydrogen) atoms. The molecule has 3 aromatic carbocycles. The number of nitrogens with two attached hydrogens (primary N) is 1. The molecule has 5 N–H and O–H groups in total. The molecule has 0 spiro atoms. The van der Waals surface area contributed by atoms with Crippen molar-refractivity contribution in [1.82, 2.24) is 5.32 Å². The van der Waals surface area contributed by atoms with Gasteiger partial charge in [-0.25, -0.2) is 13.6 Å². The Labute approximate surface area is 234 Å². The lowest BCUT2D eigenvalue weighted by atomic mass is 10.2. The van der Waals surface area contributed by atoms with Crippen LogP contribution in [0.25, 0.3) is 6.08 Å². The number of hydrogen-bond donors (Lipinski definition) is 4. The molecule has 0 aliphatic carbocycles. The summed E-state index contributed by atoms with van der Waals surface area (Å²) in [4.78, 5) is 38.7. The first kappa shape index (κ1) is 28.4. The minimum Gasteiger partial charge on any atom is -0.465 e. The molecular formula is C28H24N4O6S2. The Morgan fingerprint density at radius 2 is 1.48 bits per heavy atom. The van der Waals surface area contributed by atoms with E-state index in [0.717, 1.165) is 4.90 Å². The van der Waals surface area contributed by atoms with Gasteiger partial charge in [-0.1, -0.05) is 18.2 Å². The largest absolute Gasteiger partial charge is 0.465 e. The van der Waals surface area contributed by atoms with Crippen LogP contribution < -0.4 is 21.1 Å². The van der Waals surface area contributed by atoms with E-state index in [-0.39, 0.29) is 22.3 Å². The fourth-order valence-corrected chi connectivity index (χ4v) is 4.58. The minimum atomic E-state index is -3.81. The molecule has 1 aromatic heterocycles. The molecular weight excluding hydrogens is 552 g/mol. The summed E-state index contributed by atoms with van der Waals surface area (Å²) < 4.78 is 28.0. The van der Waals surface area contributed by atoms with E-state index in [1.165, 1.54) is 48.4 Å². The Balaban J connectivity index is 1.34. The topological polar surface area (TPSA) is 161 Å². The van der Waals surface area contributed by atoms with E-state index in [1.54, 1.807) is 66.7 Å². The number of rotatable bonds is 10. The second-order valence-electron chi connectivity index (χ2n) is 8.28. The van der Waals surface area contributed by atoms with Crippen LogP contribution >= 0.6 is 11.8 Å². The first-order valence-electron chi connectivity index (χ1n) is 11.8. The number of carbonyl (C=O) groups is 3. The van der Waals surface area contributed by atoms with Crippen LogP contribution in [0.15, 0.2) is 117 Å². The van der Waals surface area contributed by atoms with E-state index >= 15 is 0 Å². The molecule has 0 unspecified atom stereocenters. The van der Waals surface area contributed by atoms with Crippen LogP contribution in [0.2, 0.25) is 0 Å². The molecule has 10 nitrogen and oxygen atoms in total. The fraction of sp³-hybridized carbons (Fsp3) is 0.0357. The maximum Gasteiger partial charge on any atom is 0.272 e. The molecule has 3 amide bonds. The number of hydrogen-bond acceptors (Lipinski definition) is 7. The monoisotopic (exact) mass is 576 g/mol. The van der Waals surface area contributed by atoms with Gasteiger partial charge >= 0.3 is 0 Å².